The maximum atomic E-state index is 12.0. The number of carbonyl (C=O) groups excluding carboxylic acids is 1. The lowest BCUT2D eigenvalue weighted by molar-refractivity contribution is -0.137. The standard InChI is InChI=1S/C13H18N4O4/c18-10(7-17(9-3-4-9)6-5-11(19)20)14-13-16-15-12(21-13)8-1-2-8/h8-9H,1-7H2,(H,19,20)(H,14,16,18). The first kappa shape index (κ1) is 14.0. The van der Waals surface area contributed by atoms with E-state index in [0.29, 0.717) is 24.4 Å². The summed E-state index contributed by atoms with van der Waals surface area (Å²) in [6, 6.07) is 0.440. The molecule has 0 unspecified atom stereocenters. The number of anilines is 1. The minimum atomic E-state index is -0.855. The first-order valence-corrected chi connectivity index (χ1v) is 7.21. The summed E-state index contributed by atoms with van der Waals surface area (Å²) in [5, 5.41) is 19.0. The van der Waals surface area contributed by atoms with Crippen molar-refractivity contribution >= 4 is 17.9 Å². The van der Waals surface area contributed by atoms with Gasteiger partial charge in [0.15, 0.2) is 0 Å². The predicted octanol–water partition coefficient (Wildman–Crippen LogP) is 0.825. The summed E-state index contributed by atoms with van der Waals surface area (Å²) in [4.78, 5) is 24.5. The third-order valence-electron chi connectivity index (χ3n) is 3.64. The highest BCUT2D eigenvalue weighted by Crippen LogP contribution is 2.39. The second-order valence-electron chi connectivity index (χ2n) is 5.61. The van der Waals surface area contributed by atoms with Gasteiger partial charge in [0.05, 0.1) is 13.0 Å². The molecule has 0 atom stereocenters. The number of aromatic nitrogens is 2. The van der Waals surface area contributed by atoms with Crippen LogP contribution in [0, 0.1) is 0 Å². The van der Waals surface area contributed by atoms with Gasteiger partial charge in [-0.25, -0.2) is 0 Å². The second kappa shape index (κ2) is 5.80. The number of carbonyl (C=O) groups is 2. The van der Waals surface area contributed by atoms with E-state index in [4.69, 9.17) is 9.52 Å². The molecule has 0 radical (unpaired) electrons. The van der Waals surface area contributed by atoms with Crippen LogP contribution in [0.15, 0.2) is 4.42 Å². The molecule has 2 saturated carbocycles. The number of nitrogens with zero attached hydrogens (tertiary/aromatic N) is 3. The monoisotopic (exact) mass is 294 g/mol. The zero-order valence-corrected chi connectivity index (χ0v) is 11.6. The second-order valence-corrected chi connectivity index (χ2v) is 5.61. The third-order valence-corrected chi connectivity index (χ3v) is 3.64. The molecule has 0 saturated heterocycles. The predicted molar refractivity (Wildman–Crippen MR) is 71.8 cm³/mol. The average molecular weight is 294 g/mol. The summed E-state index contributed by atoms with van der Waals surface area (Å²) in [5.41, 5.74) is 0. The number of hydrogen-bond acceptors (Lipinski definition) is 6. The summed E-state index contributed by atoms with van der Waals surface area (Å²) in [7, 11) is 0. The first-order valence-electron chi connectivity index (χ1n) is 7.21. The topological polar surface area (TPSA) is 109 Å². The Kier molecular flexibility index (Phi) is 3.87. The van der Waals surface area contributed by atoms with Gasteiger partial charge in [0, 0.05) is 18.5 Å². The number of amides is 1. The minimum Gasteiger partial charge on any atom is -0.481 e. The van der Waals surface area contributed by atoms with E-state index < -0.39 is 5.97 Å². The molecule has 8 heteroatoms. The zero-order valence-electron chi connectivity index (χ0n) is 11.6. The minimum absolute atomic E-state index is 0.0379. The van der Waals surface area contributed by atoms with E-state index in [-0.39, 0.29) is 24.9 Å². The molecule has 0 aliphatic heterocycles. The van der Waals surface area contributed by atoms with Crippen LogP contribution in [0.5, 0.6) is 0 Å². The van der Waals surface area contributed by atoms with E-state index in [1.807, 2.05) is 4.90 Å². The molecule has 2 fully saturated rings. The van der Waals surface area contributed by atoms with Gasteiger partial charge in [-0.15, -0.1) is 5.10 Å². The Bertz CT molecular complexity index is 536. The van der Waals surface area contributed by atoms with Crippen molar-refractivity contribution in [3.05, 3.63) is 5.89 Å². The van der Waals surface area contributed by atoms with Gasteiger partial charge in [-0.2, -0.15) is 0 Å². The Morgan fingerprint density at radius 3 is 2.67 bits per heavy atom. The lowest BCUT2D eigenvalue weighted by Gasteiger charge is -2.19. The molecule has 1 aromatic heterocycles. The summed E-state index contributed by atoms with van der Waals surface area (Å²) in [5.74, 6) is -0.178. The molecule has 8 nitrogen and oxygen atoms in total. The number of carboxylic acid groups (broad SMARTS) is 1. The molecule has 0 spiro atoms. The van der Waals surface area contributed by atoms with E-state index in [9.17, 15) is 9.59 Å². The van der Waals surface area contributed by atoms with Crippen molar-refractivity contribution in [1.29, 1.82) is 0 Å². The van der Waals surface area contributed by atoms with E-state index >= 15 is 0 Å². The van der Waals surface area contributed by atoms with Crippen molar-refractivity contribution < 1.29 is 19.1 Å². The van der Waals surface area contributed by atoms with Crippen LogP contribution < -0.4 is 5.32 Å². The molecule has 2 aliphatic carbocycles. The van der Waals surface area contributed by atoms with Crippen molar-refractivity contribution in [3.8, 4) is 0 Å². The van der Waals surface area contributed by atoms with E-state index in [0.717, 1.165) is 25.7 Å². The van der Waals surface area contributed by atoms with E-state index in [2.05, 4.69) is 15.5 Å². The van der Waals surface area contributed by atoms with Crippen molar-refractivity contribution in [1.82, 2.24) is 15.1 Å². The highest BCUT2D eigenvalue weighted by atomic mass is 16.4. The number of aliphatic carboxylic acids is 1. The van der Waals surface area contributed by atoms with Gasteiger partial charge < -0.3 is 9.52 Å². The fourth-order valence-electron chi connectivity index (χ4n) is 2.19. The van der Waals surface area contributed by atoms with E-state index in [1.54, 1.807) is 0 Å². The summed E-state index contributed by atoms with van der Waals surface area (Å²) in [6.07, 6.45) is 4.18. The van der Waals surface area contributed by atoms with Crippen LogP contribution in [0.2, 0.25) is 0 Å². The van der Waals surface area contributed by atoms with Gasteiger partial charge in [0.25, 0.3) is 0 Å². The summed E-state index contributed by atoms with van der Waals surface area (Å²) >= 11 is 0. The molecular weight excluding hydrogens is 276 g/mol. The molecule has 114 valence electrons. The van der Waals surface area contributed by atoms with E-state index in [1.165, 1.54) is 0 Å². The van der Waals surface area contributed by atoms with Crippen LogP contribution in [-0.4, -0.2) is 51.2 Å². The molecule has 3 rings (SSSR count). The van der Waals surface area contributed by atoms with Crippen molar-refractivity contribution in [2.45, 2.75) is 44.1 Å². The van der Waals surface area contributed by atoms with Crippen molar-refractivity contribution in [2.75, 3.05) is 18.4 Å². The number of carboxylic acids is 1. The molecule has 1 amide bonds. The molecular formula is C13H18N4O4. The lowest BCUT2D eigenvalue weighted by Crippen LogP contribution is -2.36. The Labute approximate surface area is 121 Å². The molecule has 1 heterocycles. The van der Waals surface area contributed by atoms with Crippen LogP contribution in [0.25, 0.3) is 0 Å². The van der Waals surface area contributed by atoms with Crippen molar-refractivity contribution in [3.63, 3.8) is 0 Å². The largest absolute Gasteiger partial charge is 0.481 e. The Morgan fingerprint density at radius 2 is 2.05 bits per heavy atom. The van der Waals surface area contributed by atoms with Gasteiger partial charge >= 0.3 is 12.0 Å². The smallest absolute Gasteiger partial charge is 0.322 e. The highest BCUT2D eigenvalue weighted by Gasteiger charge is 2.31. The number of rotatable bonds is 8. The van der Waals surface area contributed by atoms with Crippen LogP contribution in [0.1, 0.15) is 43.9 Å². The Morgan fingerprint density at radius 1 is 1.29 bits per heavy atom. The molecule has 2 N–H and O–H groups in total. The average Bonchev–Trinajstić information content (AvgIpc) is 3.33. The van der Waals surface area contributed by atoms with Crippen LogP contribution in [0.3, 0.4) is 0 Å². The molecule has 2 aliphatic rings. The number of nitrogens with one attached hydrogen (secondary N) is 1. The maximum Gasteiger partial charge on any atom is 0.322 e. The maximum absolute atomic E-state index is 12.0. The van der Waals surface area contributed by atoms with Crippen molar-refractivity contribution in [2.24, 2.45) is 0 Å². The Balaban J connectivity index is 1.49. The lowest BCUT2D eigenvalue weighted by atomic mass is 10.3. The van der Waals surface area contributed by atoms with Gasteiger partial charge in [0.2, 0.25) is 11.8 Å². The SMILES string of the molecule is O=C(O)CCN(CC(=O)Nc1nnc(C2CC2)o1)C1CC1. The number of hydrogen-bond donors (Lipinski definition) is 2. The van der Waals surface area contributed by atoms with Gasteiger partial charge in [-0.3, -0.25) is 19.8 Å². The molecule has 21 heavy (non-hydrogen) atoms. The quantitative estimate of drug-likeness (QED) is 0.730. The fraction of sp³-hybridized carbons (Fsp3) is 0.692. The normalized spacial score (nSPS) is 18.0. The van der Waals surface area contributed by atoms with Gasteiger partial charge in [-0.1, -0.05) is 5.10 Å². The first-order chi connectivity index (χ1) is 10.1. The third kappa shape index (κ3) is 4.01. The van der Waals surface area contributed by atoms with Crippen LogP contribution in [0.4, 0.5) is 6.01 Å². The van der Waals surface area contributed by atoms with Gasteiger partial charge in [0.1, 0.15) is 0 Å². The zero-order chi connectivity index (χ0) is 14.8. The molecule has 0 bridgehead atoms. The molecule has 1 aromatic rings. The Hall–Kier alpha value is -1.96. The van der Waals surface area contributed by atoms with Crippen LogP contribution >= 0.6 is 0 Å². The fourth-order valence-corrected chi connectivity index (χ4v) is 2.19. The van der Waals surface area contributed by atoms with Gasteiger partial charge in [-0.05, 0) is 25.7 Å². The van der Waals surface area contributed by atoms with Crippen LogP contribution in [-0.2, 0) is 9.59 Å². The summed E-state index contributed by atoms with van der Waals surface area (Å²) in [6.45, 7) is 0.531. The summed E-state index contributed by atoms with van der Waals surface area (Å²) < 4.78 is 5.37. The highest BCUT2D eigenvalue weighted by molar-refractivity contribution is 5.90. The molecule has 0 aromatic carbocycles.